The Hall–Kier alpha value is -1.53. The normalized spacial score (nSPS) is 26.9. The Labute approximate surface area is 141 Å². The van der Waals surface area contributed by atoms with Crippen LogP contribution in [0.25, 0.3) is 0 Å². The molecule has 0 bridgehead atoms. The second-order valence-electron chi connectivity index (χ2n) is 7.45. The lowest BCUT2D eigenvalue weighted by atomic mass is 9.84. The van der Waals surface area contributed by atoms with Crippen LogP contribution < -0.4 is 0 Å². The first-order valence-electron chi connectivity index (χ1n) is 8.63. The number of hydrogen-bond acceptors (Lipinski definition) is 4. The van der Waals surface area contributed by atoms with Gasteiger partial charge in [-0.1, -0.05) is 6.07 Å². The topological polar surface area (TPSA) is 51.7 Å². The summed E-state index contributed by atoms with van der Waals surface area (Å²) < 4.78 is 25.8. The zero-order valence-corrected chi connectivity index (χ0v) is 14.0. The number of aryl methyl sites for hydroxylation is 1. The van der Waals surface area contributed by atoms with Gasteiger partial charge in [-0.05, 0) is 37.3 Å². The summed E-state index contributed by atoms with van der Waals surface area (Å²) in [5.41, 5.74) is 0.265. The van der Waals surface area contributed by atoms with Gasteiger partial charge in [0.25, 0.3) is 5.91 Å². The predicted octanol–water partition coefficient (Wildman–Crippen LogP) is 2.17. The quantitative estimate of drug-likeness (QED) is 0.847. The minimum Gasteiger partial charge on any atom is -0.373 e. The third-order valence-corrected chi connectivity index (χ3v) is 5.18. The van der Waals surface area contributed by atoms with Crippen molar-refractivity contribution in [3.63, 3.8) is 0 Å². The number of amides is 1. The van der Waals surface area contributed by atoms with Gasteiger partial charge in [-0.15, -0.1) is 0 Å². The second-order valence-corrected chi connectivity index (χ2v) is 7.45. The van der Waals surface area contributed by atoms with Crippen molar-refractivity contribution in [1.82, 2.24) is 9.88 Å². The van der Waals surface area contributed by atoms with Crippen LogP contribution in [0, 0.1) is 6.92 Å². The number of rotatable bonds is 4. The van der Waals surface area contributed by atoms with Crippen molar-refractivity contribution >= 4 is 5.91 Å². The number of carbonyl (C=O) groups excluding carboxylic acids is 1. The van der Waals surface area contributed by atoms with Crippen LogP contribution in [0.4, 0.5) is 4.39 Å². The van der Waals surface area contributed by atoms with Gasteiger partial charge in [-0.25, -0.2) is 4.39 Å². The first-order valence-corrected chi connectivity index (χ1v) is 8.63. The second kappa shape index (κ2) is 5.77. The molecule has 3 fully saturated rings. The summed E-state index contributed by atoms with van der Waals surface area (Å²) in [4.78, 5) is 17.8. The summed E-state index contributed by atoms with van der Waals surface area (Å²) in [7, 11) is 0. The van der Waals surface area contributed by atoms with Crippen LogP contribution in [0.3, 0.4) is 0 Å². The Balaban J connectivity index is 1.29. The van der Waals surface area contributed by atoms with E-state index in [1.165, 1.54) is 0 Å². The summed E-state index contributed by atoms with van der Waals surface area (Å²) >= 11 is 0. The van der Waals surface area contributed by atoms with E-state index in [1.54, 1.807) is 4.90 Å². The molecule has 1 aliphatic carbocycles. The first kappa shape index (κ1) is 16.0. The molecular weight excluding hydrogens is 311 g/mol. The van der Waals surface area contributed by atoms with Crippen molar-refractivity contribution in [2.24, 2.45) is 0 Å². The van der Waals surface area contributed by atoms with Crippen LogP contribution in [-0.2, 0) is 20.9 Å². The van der Waals surface area contributed by atoms with Crippen LogP contribution in [0.2, 0.25) is 0 Å². The SMILES string of the molecule is Cc1cncc(CO[C@H]2CCOC3(C2)CN(C(=O)C2(F)CC2)C3)c1. The Morgan fingerprint density at radius 3 is 2.96 bits per heavy atom. The first-order chi connectivity index (χ1) is 11.5. The van der Waals surface area contributed by atoms with E-state index in [2.05, 4.69) is 11.1 Å². The number of alkyl halides is 1. The zero-order chi connectivity index (χ0) is 16.8. The van der Waals surface area contributed by atoms with E-state index in [4.69, 9.17) is 9.47 Å². The molecule has 130 valence electrons. The van der Waals surface area contributed by atoms with Gasteiger partial charge >= 0.3 is 0 Å². The standard InChI is InChI=1S/C18H23FN2O3/c1-13-6-14(9-20-8-13)10-23-15-2-5-24-17(7-15)11-21(12-17)16(22)18(19)3-4-18/h6,8-9,15H,2-5,7,10-12H2,1H3/t15-/m0/s1. The monoisotopic (exact) mass is 334 g/mol. The molecule has 1 amide bonds. The van der Waals surface area contributed by atoms with Gasteiger partial charge in [0.1, 0.15) is 5.60 Å². The van der Waals surface area contributed by atoms with Crippen molar-refractivity contribution in [2.75, 3.05) is 19.7 Å². The number of hydrogen-bond donors (Lipinski definition) is 0. The van der Waals surface area contributed by atoms with Gasteiger partial charge in [0.2, 0.25) is 0 Å². The minimum atomic E-state index is -1.58. The molecule has 0 N–H and O–H groups in total. The Morgan fingerprint density at radius 1 is 1.46 bits per heavy atom. The zero-order valence-electron chi connectivity index (χ0n) is 14.0. The summed E-state index contributed by atoms with van der Waals surface area (Å²) in [6.07, 6.45) is 6.10. The number of nitrogens with zero attached hydrogens (tertiary/aromatic N) is 2. The van der Waals surface area contributed by atoms with Crippen LogP contribution in [0.15, 0.2) is 18.5 Å². The molecule has 3 aliphatic rings. The molecule has 5 nitrogen and oxygen atoms in total. The largest absolute Gasteiger partial charge is 0.373 e. The van der Waals surface area contributed by atoms with Gasteiger partial charge in [-0.3, -0.25) is 9.78 Å². The maximum absolute atomic E-state index is 13.9. The van der Waals surface area contributed by atoms with Gasteiger partial charge in [0, 0.05) is 25.4 Å². The highest BCUT2D eigenvalue weighted by atomic mass is 19.1. The van der Waals surface area contributed by atoms with Gasteiger partial charge in [0.05, 0.1) is 25.8 Å². The van der Waals surface area contributed by atoms with Crippen molar-refractivity contribution in [2.45, 2.75) is 56.6 Å². The lowest BCUT2D eigenvalue weighted by molar-refractivity contribution is -0.205. The number of halogens is 1. The van der Waals surface area contributed by atoms with Crippen molar-refractivity contribution in [3.05, 3.63) is 29.6 Å². The molecule has 1 aromatic heterocycles. The van der Waals surface area contributed by atoms with Crippen molar-refractivity contribution < 1.29 is 18.7 Å². The summed E-state index contributed by atoms with van der Waals surface area (Å²) in [6.45, 7) is 4.15. The molecule has 6 heteroatoms. The van der Waals surface area contributed by atoms with E-state index < -0.39 is 5.67 Å². The van der Waals surface area contributed by atoms with E-state index in [1.807, 2.05) is 19.3 Å². The lowest BCUT2D eigenvalue weighted by Gasteiger charge is -2.53. The molecule has 1 atom stereocenters. The minimum absolute atomic E-state index is 0.108. The third-order valence-electron chi connectivity index (χ3n) is 5.18. The Kier molecular flexibility index (Phi) is 3.84. The molecule has 1 spiro atoms. The Morgan fingerprint density at radius 2 is 2.25 bits per heavy atom. The highest BCUT2D eigenvalue weighted by Gasteiger charge is 2.58. The molecule has 1 aromatic rings. The molecule has 0 unspecified atom stereocenters. The maximum Gasteiger partial charge on any atom is 0.260 e. The van der Waals surface area contributed by atoms with Crippen molar-refractivity contribution in [3.8, 4) is 0 Å². The number of likely N-dealkylation sites (tertiary alicyclic amines) is 1. The number of ether oxygens (including phenoxy) is 2. The fourth-order valence-corrected chi connectivity index (χ4v) is 3.66. The summed E-state index contributed by atoms with van der Waals surface area (Å²) in [5.74, 6) is -0.356. The van der Waals surface area contributed by atoms with Crippen LogP contribution in [-0.4, -0.2) is 52.9 Å². The third kappa shape index (κ3) is 3.05. The van der Waals surface area contributed by atoms with E-state index in [9.17, 15) is 9.18 Å². The average molecular weight is 334 g/mol. The molecule has 0 radical (unpaired) electrons. The maximum atomic E-state index is 13.9. The fourth-order valence-electron chi connectivity index (χ4n) is 3.66. The molecule has 3 heterocycles. The molecule has 2 aliphatic heterocycles. The molecule has 2 saturated heterocycles. The van der Waals surface area contributed by atoms with E-state index in [-0.39, 0.29) is 17.6 Å². The molecule has 0 aromatic carbocycles. The highest BCUT2D eigenvalue weighted by molar-refractivity contribution is 5.88. The predicted molar refractivity (Wildman–Crippen MR) is 85.1 cm³/mol. The average Bonchev–Trinajstić information content (AvgIpc) is 3.29. The van der Waals surface area contributed by atoms with E-state index >= 15 is 0 Å². The van der Waals surface area contributed by atoms with Gasteiger partial charge < -0.3 is 14.4 Å². The van der Waals surface area contributed by atoms with Gasteiger partial charge in [-0.2, -0.15) is 0 Å². The van der Waals surface area contributed by atoms with Gasteiger partial charge in [0.15, 0.2) is 5.67 Å². The highest BCUT2D eigenvalue weighted by Crippen LogP contribution is 2.45. The number of aromatic nitrogens is 1. The molecule has 24 heavy (non-hydrogen) atoms. The van der Waals surface area contributed by atoms with Crippen LogP contribution in [0.5, 0.6) is 0 Å². The molecular formula is C18H23FN2O3. The van der Waals surface area contributed by atoms with E-state index in [0.717, 1.165) is 24.0 Å². The molecule has 1 saturated carbocycles. The summed E-state index contributed by atoms with van der Waals surface area (Å²) in [6, 6.07) is 2.07. The van der Waals surface area contributed by atoms with E-state index in [0.29, 0.717) is 39.1 Å². The molecule has 4 rings (SSSR count). The summed E-state index contributed by atoms with van der Waals surface area (Å²) in [5, 5.41) is 0. The smallest absolute Gasteiger partial charge is 0.260 e. The fraction of sp³-hybridized carbons (Fsp3) is 0.667. The lowest BCUT2D eigenvalue weighted by Crippen LogP contribution is -2.68. The van der Waals surface area contributed by atoms with Crippen LogP contribution >= 0.6 is 0 Å². The number of carbonyl (C=O) groups is 1. The number of pyridine rings is 1. The Bertz CT molecular complexity index is 641. The van der Waals surface area contributed by atoms with Crippen LogP contribution in [0.1, 0.15) is 36.8 Å². The van der Waals surface area contributed by atoms with Crippen molar-refractivity contribution in [1.29, 1.82) is 0 Å².